The van der Waals surface area contributed by atoms with E-state index in [1.54, 1.807) is 0 Å². The van der Waals surface area contributed by atoms with Gasteiger partial charge in [0.2, 0.25) is 9.05 Å². The number of rotatable bonds is 5. The van der Waals surface area contributed by atoms with Crippen LogP contribution in [0.15, 0.2) is 0 Å². The van der Waals surface area contributed by atoms with Gasteiger partial charge >= 0.3 is 0 Å². The maximum atomic E-state index is 11.2. The number of hydrogen-bond acceptors (Lipinski definition) is 4. The van der Waals surface area contributed by atoms with Crippen molar-refractivity contribution in [1.82, 2.24) is 0 Å². The molecule has 0 aromatic heterocycles. The van der Waals surface area contributed by atoms with E-state index in [-0.39, 0.29) is 23.2 Å². The van der Waals surface area contributed by atoms with Gasteiger partial charge in [0.1, 0.15) is 0 Å². The molecule has 0 radical (unpaired) electrons. The summed E-state index contributed by atoms with van der Waals surface area (Å²) in [6.07, 6.45) is 0.975. The van der Waals surface area contributed by atoms with Crippen molar-refractivity contribution in [3.63, 3.8) is 0 Å². The van der Waals surface area contributed by atoms with Gasteiger partial charge in [-0.15, -0.1) is 0 Å². The van der Waals surface area contributed by atoms with Crippen molar-refractivity contribution in [3.05, 3.63) is 0 Å². The second-order valence-corrected chi connectivity index (χ2v) is 8.41. The Morgan fingerprint density at radius 2 is 2.12 bits per heavy atom. The normalized spacial score (nSPS) is 23.9. The summed E-state index contributed by atoms with van der Waals surface area (Å²) in [6, 6.07) is 0. The second-order valence-electron chi connectivity index (χ2n) is 5.59. The molecule has 1 heterocycles. The van der Waals surface area contributed by atoms with E-state index in [1.165, 1.54) is 0 Å². The molecular weight excluding hydrogens is 264 g/mol. The molecular formula is C11H21ClO4S. The predicted molar refractivity (Wildman–Crippen MR) is 67.8 cm³/mol. The van der Waals surface area contributed by atoms with Crippen molar-refractivity contribution in [2.24, 2.45) is 11.3 Å². The lowest BCUT2D eigenvalue weighted by atomic mass is 9.82. The Kier molecular flexibility index (Phi) is 5.25. The van der Waals surface area contributed by atoms with Crippen molar-refractivity contribution in [3.8, 4) is 0 Å². The SMILES string of the molecule is CC(C)(C)C(COC1CCOC1)CS(=O)(=O)Cl. The van der Waals surface area contributed by atoms with E-state index in [4.69, 9.17) is 20.2 Å². The van der Waals surface area contributed by atoms with Gasteiger partial charge in [-0.05, 0) is 11.8 Å². The molecule has 0 aromatic rings. The smallest absolute Gasteiger partial charge is 0.232 e. The summed E-state index contributed by atoms with van der Waals surface area (Å²) in [6.45, 7) is 7.71. The third kappa shape index (κ3) is 6.04. The number of ether oxygens (including phenoxy) is 2. The molecule has 2 unspecified atom stereocenters. The maximum absolute atomic E-state index is 11.2. The summed E-state index contributed by atoms with van der Waals surface area (Å²) in [5, 5.41) is 0. The highest BCUT2D eigenvalue weighted by atomic mass is 35.7. The summed E-state index contributed by atoms with van der Waals surface area (Å²) >= 11 is 0. The molecule has 0 aliphatic carbocycles. The largest absolute Gasteiger partial charge is 0.379 e. The molecule has 0 bridgehead atoms. The van der Waals surface area contributed by atoms with Gasteiger partial charge < -0.3 is 9.47 Å². The lowest BCUT2D eigenvalue weighted by Crippen LogP contribution is -2.32. The van der Waals surface area contributed by atoms with Gasteiger partial charge in [-0.2, -0.15) is 0 Å². The van der Waals surface area contributed by atoms with Crippen LogP contribution >= 0.6 is 10.7 Å². The average Bonchev–Trinajstić information content (AvgIpc) is 2.60. The van der Waals surface area contributed by atoms with Crippen LogP contribution in [0.3, 0.4) is 0 Å². The zero-order valence-corrected chi connectivity index (χ0v) is 12.2. The van der Waals surface area contributed by atoms with Gasteiger partial charge in [-0.1, -0.05) is 20.8 Å². The molecule has 0 aromatic carbocycles. The Balaban J connectivity index is 2.51. The van der Waals surface area contributed by atoms with Crippen LogP contribution < -0.4 is 0 Å². The molecule has 2 atom stereocenters. The fourth-order valence-corrected chi connectivity index (χ4v) is 3.22. The molecule has 1 aliphatic heterocycles. The van der Waals surface area contributed by atoms with Crippen molar-refractivity contribution >= 4 is 19.7 Å². The minimum absolute atomic E-state index is 0.0500. The van der Waals surface area contributed by atoms with Crippen LogP contribution in [-0.2, 0) is 18.5 Å². The maximum Gasteiger partial charge on any atom is 0.232 e. The molecule has 0 spiro atoms. The molecule has 0 saturated carbocycles. The zero-order chi connectivity index (χ0) is 13.1. The van der Waals surface area contributed by atoms with E-state index in [9.17, 15) is 8.42 Å². The van der Waals surface area contributed by atoms with E-state index in [0.717, 1.165) is 13.0 Å². The van der Waals surface area contributed by atoms with Crippen molar-refractivity contribution in [1.29, 1.82) is 0 Å². The van der Waals surface area contributed by atoms with E-state index in [2.05, 4.69) is 0 Å². The Morgan fingerprint density at radius 1 is 1.47 bits per heavy atom. The Morgan fingerprint density at radius 3 is 2.53 bits per heavy atom. The zero-order valence-electron chi connectivity index (χ0n) is 10.6. The first-order valence-electron chi connectivity index (χ1n) is 5.80. The average molecular weight is 285 g/mol. The third-order valence-electron chi connectivity index (χ3n) is 3.05. The van der Waals surface area contributed by atoms with Crippen LogP contribution in [0.4, 0.5) is 0 Å². The minimum atomic E-state index is -3.49. The highest BCUT2D eigenvalue weighted by Crippen LogP contribution is 2.29. The Bertz CT molecular complexity index is 328. The fraction of sp³-hybridized carbons (Fsp3) is 1.00. The van der Waals surface area contributed by atoms with E-state index < -0.39 is 9.05 Å². The Labute approximate surface area is 108 Å². The third-order valence-corrected chi connectivity index (χ3v) is 4.22. The van der Waals surface area contributed by atoms with Gasteiger partial charge in [0.25, 0.3) is 0 Å². The molecule has 1 rings (SSSR count). The van der Waals surface area contributed by atoms with Crippen LogP contribution in [0.25, 0.3) is 0 Å². The molecule has 0 amide bonds. The standard InChI is InChI=1S/C11H21ClO4S/c1-11(2,3)9(8-17(12,13)14)6-16-10-4-5-15-7-10/h9-10H,4-8H2,1-3H3. The van der Waals surface area contributed by atoms with Crippen LogP contribution in [0.2, 0.25) is 0 Å². The van der Waals surface area contributed by atoms with Crippen molar-refractivity contribution in [2.45, 2.75) is 33.3 Å². The molecule has 1 fully saturated rings. The van der Waals surface area contributed by atoms with Gasteiger partial charge in [0.05, 0.1) is 25.1 Å². The number of hydrogen-bond donors (Lipinski definition) is 0. The minimum Gasteiger partial charge on any atom is -0.379 e. The first kappa shape index (κ1) is 15.2. The molecule has 17 heavy (non-hydrogen) atoms. The molecule has 0 N–H and O–H groups in total. The molecule has 1 aliphatic rings. The molecule has 6 heteroatoms. The van der Waals surface area contributed by atoms with Gasteiger partial charge in [0, 0.05) is 23.2 Å². The number of halogens is 1. The lowest BCUT2D eigenvalue weighted by Gasteiger charge is -2.30. The van der Waals surface area contributed by atoms with Crippen LogP contribution in [0.1, 0.15) is 27.2 Å². The summed E-state index contributed by atoms with van der Waals surface area (Å²) in [4.78, 5) is 0. The molecule has 4 nitrogen and oxygen atoms in total. The summed E-state index contributed by atoms with van der Waals surface area (Å²) in [5.74, 6) is -0.156. The topological polar surface area (TPSA) is 52.6 Å². The highest BCUT2D eigenvalue weighted by molar-refractivity contribution is 8.13. The Hall–Kier alpha value is 0.160. The predicted octanol–water partition coefficient (Wildman–Crippen LogP) is 2.02. The fourth-order valence-electron chi connectivity index (χ4n) is 1.68. The van der Waals surface area contributed by atoms with Crippen molar-refractivity contribution < 1.29 is 17.9 Å². The lowest BCUT2D eigenvalue weighted by molar-refractivity contribution is 0.00403. The molecule has 1 saturated heterocycles. The monoisotopic (exact) mass is 284 g/mol. The summed E-state index contributed by atoms with van der Waals surface area (Å²) < 4.78 is 33.2. The van der Waals surface area contributed by atoms with Crippen molar-refractivity contribution in [2.75, 3.05) is 25.6 Å². The van der Waals surface area contributed by atoms with E-state index >= 15 is 0 Å². The first-order chi connectivity index (χ1) is 7.68. The van der Waals surface area contributed by atoms with Gasteiger partial charge in [-0.3, -0.25) is 0 Å². The van der Waals surface area contributed by atoms with Crippen LogP contribution in [-0.4, -0.2) is 40.1 Å². The highest BCUT2D eigenvalue weighted by Gasteiger charge is 2.30. The quantitative estimate of drug-likeness (QED) is 0.725. The van der Waals surface area contributed by atoms with Crippen LogP contribution in [0.5, 0.6) is 0 Å². The van der Waals surface area contributed by atoms with Gasteiger partial charge in [-0.25, -0.2) is 8.42 Å². The molecule has 102 valence electrons. The van der Waals surface area contributed by atoms with Crippen LogP contribution in [0, 0.1) is 11.3 Å². The van der Waals surface area contributed by atoms with E-state index in [1.807, 2.05) is 20.8 Å². The first-order valence-corrected chi connectivity index (χ1v) is 8.28. The van der Waals surface area contributed by atoms with Gasteiger partial charge in [0.15, 0.2) is 0 Å². The summed E-state index contributed by atoms with van der Waals surface area (Å²) in [7, 11) is 1.83. The van der Waals surface area contributed by atoms with E-state index in [0.29, 0.717) is 13.2 Å². The second kappa shape index (κ2) is 5.87. The summed E-state index contributed by atoms with van der Waals surface area (Å²) in [5.41, 5.74) is -0.151.